The number of para-hydroxylation sites is 1. The number of piperidine rings is 1. The quantitative estimate of drug-likeness (QED) is 0.369. The maximum Gasteiger partial charge on any atom is 0.309 e. The molecule has 0 radical (unpaired) electrons. The van der Waals surface area contributed by atoms with Gasteiger partial charge in [0.05, 0.1) is 43.6 Å². The van der Waals surface area contributed by atoms with Crippen LogP contribution >= 0.6 is 0 Å². The summed E-state index contributed by atoms with van der Waals surface area (Å²) in [6.45, 7) is 7.81. The topological polar surface area (TPSA) is 93.6 Å². The van der Waals surface area contributed by atoms with Crippen LogP contribution in [0.1, 0.15) is 34.2 Å². The second kappa shape index (κ2) is 13.0. The number of aromatic nitrogens is 1. The average Bonchev–Trinajstić information content (AvgIpc) is 2.99. The number of hydrogen-bond donors (Lipinski definition) is 1. The number of aliphatic carboxylic acids is 1. The van der Waals surface area contributed by atoms with E-state index in [0.717, 1.165) is 66.7 Å². The van der Waals surface area contributed by atoms with Crippen LogP contribution in [-0.2, 0) is 45.2 Å². The van der Waals surface area contributed by atoms with Crippen molar-refractivity contribution in [3.63, 3.8) is 0 Å². The van der Waals surface area contributed by atoms with E-state index in [9.17, 15) is 9.90 Å². The number of hydrogen-bond acceptors (Lipinski definition) is 8. The standard InChI is InChI=1S/C34H41N3O6/c1-22-6-4-7-27(30-8-5-9-32(35-30)37-13-11-28(34(38)39)31(17-37)41-3)33(22)43-18-23-14-24-10-12-36(26-20-42-21-26)16-29(24)25(15-23)19-40-2/h4-9,14-15,26,28,31H,10-13,16-21H2,1-3H3,(H,38,39)/t28-,31+/m0/s1. The molecule has 3 aliphatic rings. The van der Waals surface area contributed by atoms with E-state index in [1.807, 2.05) is 30.3 Å². The highest BCUT2D eigenvalue weighted by molar-refractivity contribution is 5.72. The summed E-state index contributed by atoms with van der Waals surface area (Å²) in [5.41, 5.74) is 7.91. The molecular weight excluding hydrogens is 546 g/mol. The third-order valence-electron chi connectivity index (χ3n) is 9.07. The predicted octanol–water partition coefficient (Wildman–Crippen LogP) is 4.47. The molecule has 1 aromatic heterocycles. The van der Waals surface area contributed by atoms with E-state index in [4.69, 9.17) is 23.9 Å². The Morgan fingerprint density at radius 1 is 1.09 bits per heavy atom. The van der Waals surface area contributed by atoms with Gasteiger partial charge in [0.15, 0.2) is 0 Å². The molecular formula is C34H41N3O6. The highest BCUT2D eigenvalue weighted by Crippen LogP contribution is 2.35. The zero-order valence-electron chi connectivity index (χ0n) is 25.3. The number of ether oxygens (including phenoxy) is 4. The Hall–Kier alpha value is -3.50. The van der Waals surface area contributed by atoms with Crippen LogP contribution in [0.15, 0.2) is 48.5 Å². The molecule has 0 saturated carbocycles. The van der Waals surface area contributed by atoms with Crippen LogP contribution in [0.25, 0.3) is 11.3 Å². The molecule has 3 aliphatic heterocycles. The molecule has 0 amide bonds. The number of carbonyl (C=O) groups is 1. The van der Waals surface area contributed by atoms with Crippen LogP contribution in [0.2, 0.25) is 0 Å². The molecule has 2 saturated heterocycles. The zero-order valence-corrected chi connectivity index (χ0v) is 25.3. The molecule has 1 N–H and O–H groups in total. The SMILES string of the molecule is COCc1cc(COc2c(C)cccc2-c2cccc(N3CC[C@H](C(=O)O)[C@H](OC)C3)n2)cc2c1CN(C1COC1)CC2. The number of nitrogens with zero attached hydrogens (tertiary/aromatic N) is 3. The molecule has 2 atom stereocenters. The highest BCUT2D eigenvalue weighted by atomic mass is 16.5. The summed E-state index contributed by atoms with van der Waals surface area (Å²) < 4.78 is 23.2. The van der Waals surface area contributed by atoms with Gasteiger partial charge in [-0.15, -0.1) is 0 Å². The zero-order chi connectivity index (χ0) is 29.9. The van der Waals surface area contributed by atoms with Crippen molar-refractivity contribution in [1.29, 1.82) is 0 Å². The number of carboxylic acid groups (broad SMARTS) is 1. The summed E-state index contributed by atoms with van der Waals surface area (Å²) in [4.78, 5) is 21.3. The second-order valence-electron chi connectivity index (χ2n) is 11.8. The van der Waals surface area contributed by atoms with Gasteiger partial charge in [0, 0.05) is 46.0 Å². The molecule has 0 bridgehead atoms. The minimum Gasteiger partial charge on any atom is -0.488 e. The van der Waals surface area contributed by atoms with Gasteiger partial charge in [-0.2, -0.15) is 0 Å². The summed E-state index contributed by atoms with van der Waals surface area (Å²) >= 11 is 0. The van der Waals surface area contributed by atoms with Gasteiger partial charge in [-0.3, -0.25) is 9.69 Å². The molecule has 0 unspecified atom stereocenters. The lowest BCUT2D eigenvalue weighted by atomic mass is 9.91. The molecule has 0 spiro atoms. The number of aryl methyl sites for hydroxylation is 1. The van der Waals surface area contributed by atoms with Gasteiger partial charge in [0.1, 0.15) is 18.2 Å². The number of rotatable bonds is 10. The number of benzene rings is 2. The fraction of sp³-hybridized carbons (Fsp3) is 0.471. The lowest BCUT2D eigenvalue weighted by molar-refractivity contribution is -0.147. The van der Waals surface area contributed by atoms with E-state index >= 15 is 0 Å². The number of anilines is 1. The Labute approximate surface area is 253 Å². The molecule has 43 heavy (non-hydrogen) atoms. The van der Waals surface area contributed by atoms with Crippen LogP contribution in [-0.4, -0.2) is 80.2 Å². The number of fused-ring (bicyclic) bond motifs is 1. The van der Waals surface area contributed by atoms with Crippen LogP contribution in [0, 0.1) is 12.8 Å². The minimum atomic E-state index is -0.811. The lowest BCUT2D eigenvalue weighted by Gasteiger charge is -2.40. The fourth-order valence-electron chi connectivity index (χ4n) is 6.55. The number of pyridine rings is 1. The van der Waals surface area contributed by atoms with Gasteiger partial charge in [-0.1, -0.05) is 24.3 Å². The predicted molar refractivity (Wildman–Crippen MR) is 163 cm³/mol. The smallest absolute Gasteiger partial charge is 0.309 e. The third-order valence-corrected chi connectivity index (χ3v) is 9.07. The Morgan fingerprint density at radius 3 is 2.67 bits per heavy atom. The average molecular weight is 588 g/mol. The second-order valence-corrected chi connectivity index (χ2v) is 11.8. The maximum absolute atomic E-state index is 11.7. The first kappa shape index (κ1) is 29.6. The van der Waals surface area contributed by atoms with Crippen LogP contribution < -0.4 is 9.64 Å². The summed E-state index contributed by atoms with van der Waals surface area (Å²) in [5, 5.41) is 9.58. The summed E-state index contributed by atoms with van der Waals surface area (Å²) in [7, 11) is 3.32. The molecule has 2 fully saturated rings. The van der Waals surface area contributed by atoms with Crippen molar-refractivity contribution in [2.24, 2.45) is 5.92 Å². The van der Waals surface area contributed by atoms with E-state index in [1.54, 1.807) is 14.2 Å². The molecule has 3 aromatic rings. The normalized spacial score (nSPS) is 20.9. The molecule has 228 valence electrons. The minimum absolute atomic E-state index is 0.385. The number of methoxy groups -OCH3 is 2. The molecule has 9 nitrogen and oxygen atoms in total. The third kappa shape index (κ3) is 6.26. The van der Waals surface area contributed by atoms with E-state index in [2.05, 4.69) is 34.9 Å². The molecule has 4 heterocycles. The maximum atomic E-state index is 11.7. The van der Waals surface area contributed by atoms with E-state index in [-0.39, 0.29) is 6.10 Å². The number of carboxylic acids is 1. The first-order chi connectivity index (χ1) is 20.9. The molecule has 0 aliphatic carbocycles. The molecule has 6 rings (SSSR count). The lowest BCUT2D eigenvalue weighted by Crippen LogP contribution is -2.50. The van der Waals surface area contributed by atoms with Crippen LogP contribution in [0.4, 0.5) is 5.82 Å². The fourth-order valence-corrected chi connectivity index (χ4v) is 6.55. The van der Waals surface area contributed by atoms with Crippen molar-refractivity contribution in [3.8, 4) is 17.0 Å². The van der Waals surface area contributed by atoms with Gasteiger partial charge < -0.3 is 29.0 Å². The summed E-state index contributed by atoms with van der Waals surface area (Å²) in [5.74, 6) is 0.296. The molecule has 9 heteroatoms. The largest absolute Gasteiger partial charge is 0.488 e. The highest BCUT2D eigenvalue weighted by Gasteiger charge is 2.35. The van der Waals surface area contributed by atoms with Crippen molar-refractivity contribution < 1.29 is 28.8 Å². The van der Waals surface area contributed by atoms with Crippen molar-refractivity contribution in [2.45, 2.75) is 51.7 Å². The van der Waals surface area contributed by atoms with E-state index in [0.29, 0.717) is 38.8 Å². The first-order valence-corrected chi connectivity index (χ1v) is 15.1. The van der Waals surface area contributed by atoms with Gasteiger partial charge in [0.25, 0.3) is 0 Å². The van der Waals surface area contributed by atoms with Gasteiger partial charge in [-0.05, 0) is 71.8 Å². The monoisotopic (exact) mass is 587 g/mol. The van der Waals surface area contributed by atoms with Crippen molar-refractivity contribution in [2.75, 3.05) is 52.0 Å². The van der Waals surface area contributed by atoms with Crippen molar-refractivity contribution >= 4 is 11.8 Å². The Morgan fingerprint density at radius 2 is 1.93 bits per heavy atom. The Balaban J connectivity index is 1.22. The summed E-state index contributed by atoms with van der Waals surface area (Å²) in [6.07, 6.45) is 1.14. The Bertz CT molecular complexity index is 1460. The van der Waals surface area contributed by atoms with Crippen molar-refractivity contribution in [1.82, 2.24) is 9.88 Å². The molecule has 2 aromatic carbocycles. The van der Waals surface area contributed by atoms with E-state index < -0.39 is 11.9 Å². The first-order valence-electron chi connectivity index (χ1n) is 15.1. The Kier molecular flexibility index (Phi) is 8.95. The van der Waals surface area contributed by atoms with Crippen molar-refractivity contribution in [3.05, 3.63) is 76.3 Å². The van der Waals surface area contributed by atoms with Crippen LogP contribution in [0.3, 0.4) is 0 Å². The van der Waals surface area contributed by atoms with E-state index in [1.165, 1.54) is 16.7 Å². The van der Waals surface area contributed by atoms with Gasteiger partial charge in [0.2, 0.25) is 0 Å². The van der Waals surface area contributed by atoms with Crippen LogP contribution in [0.5, 0.6) is 5.75 Å². The van der Waals surface area contributed by atoms with Gasteiger partial charge in [-0.25, -0.2) is 4.98 Å². The van der Waals surface area contributed by atoms with Gasteiger partial charge >= 0.3 is 5.97 Å². The summed E-state index contributed by atoms with van der Waals surface area (Å²) in [6, 6.07) is 17.1.